The number of hydrogen-bond acceptors (Lipinski definition) is 3. The van der Waals surface area contributed by atoms with Crippen LogP contribution in [0.25, 0.3) is 5.57 Å². The summed E-state index contributed by atoms with van der Waals surface area (Å²) in [7, 11) is 1.39. The van der Waals surface area contributed by atoms with E-state index in [1.807, 2.05) is 13.0 Å². The molecule has 3 rings (SSSR count). The Labute approximate surface area is 137 Å². The molecule has 1 aromatic carbocycles. The molecule has 0 saturated heterocycles. The molecule has 0 bridgehead atoms. The number of allylic oxidation sites excluding steroid dienone is 1. The summed E-state index contributed by atoms with van der Waals surface area (Å²) in [5.41, 5.74) is 5.44. The van der Waals surface area contributed by atoms with Crippen LogP contribution in [-0.2, 0) is 4.74 Å². The van der Waals surface area contributed by atoms with Crippen LogP contribution in [0.2, 0.25) is 0 Å². The van der Waals surface area contributed by atoms with Gasteiger partial charge in [-0.1, -0.05) is 35.4 Å². The zero-order valence-electron chi connectivity index (χ0n) is 13.9. The van der Waals surface area contributed by atoms with Crippen LogP contribution in [0.5, 0.6) is 0 Å². The summed E-state index contributed by atoms with van der Waals surface area (Å²) >= 11 is 0. The van der Waals surface area contributed by atoms with Gasteiger partial charge in [0.2, 0.25) is 0 Å². The van der Waals surface area contributed by atoms with E-state index >= 15 is 0 Å². The van der Waals surface area contributed by atoms with Gasteiger partial charge in [-0.2, -0.15) is 0 Å². The summed E-state index contributed by atoms with van der Waals surface area (Å²) < 4.78 is 10.8. The molecule has 0 radical (unpaired) electrons. The summed E-state index contributed by atoms with van der Waals surface area (Å²) in [4.78, 5) is 11.9. The van der Waals surface area contributed by atoms with Gasteiger partial charge in [-0.3, -0.25) is 0 Å². The van der Waals surface area contributed by atoms with Gasteiger partial charge in [0.05, 0.1) is 7.11 Å². The third-order valence-corrected chi connectivity index (χ3v) is 4.47. The molecule has 1 aromatic heterocycles. The lowest BCUT2D eigenvalue weighted by atomic mass is 9.95. The Morgan fingerprint density at radius 2 is 1.74 bits per heavy atom. The lowest BCUT2D eigenvalue weighted by molar-refractivity contribution is 0.0599. The van der Waals surface area contributed by atoms with E-state index in [0.717, 1.165) is 29.7 Å². The quantitative estimate of drug-likeness (QED) is 0.744. The van der Waals surface area contributed by atoms with Crippen molar-refractivity contribution in [3.8, 4) is 0 Å². The monoisotopic (exact) mass is 310 g/mol. The third-order valence-electron chi connectivity index (χ3n) is 4.47. The van der Waals surface area contributed by atoms with Crippen LogP contribution in [0.3, 0.4) is 0 Å². The Kier molecular flexibility index (Phi) is 4.37. The Morgan fingerprint density at radius 3 is 2.35 bits per heavy atom. The second-order valence-corrected chi connectivity index (χ2v) is 6.12. The van der Waals surface area contributed by atoms with Crippen molar-refractivity contribution in [3.63, 3.8) is 0 Å². The molecule has 0 spiro atoms. The number of carbonyl (C=O) groups is 1. The van der Waals surface area contributed by atoms with E-state index in [1.54, 1.807) is 0 Å². The average Bonchev–Trinajstić information content (AvgIpc) is 3.19. The maximum Gasteiger partial charge on any atom is 0.341 e. The summed E-state index contributed by atoms with van der Waals surface area (Å²) in [6.07, 6.45) is 4.62. The Bertz CT molecular complexity index is 740. The van der Waals surface area contributed by atoms with Gasteiger partial charge in [0, 0.05) is 5.57 Å². The molecular formula is C20H22O3. The van der Waals surface area contributed by atoms with Gasteiger partial charge in [-0.05, 0) is 51.2 Å². The number of methoxy groups -OCH3 is 1. The molecule has 0 amide bonds. The summed E-state index contributed by atoms with van der Waals surface area (Å²) in [6, 6.07) is 10.3. The third kappa shape index (κ3) is 3.09. The van der Waals surface area contributed by atoms with Crippen LogP contribution in [0.15, 0.2) is 40.3 Å². The zero-order valence-corrected chi connectivity index (χ0v) is 13.9. The van der Waals surface area contributed by atoms with Gasteiger partial charge in [-0.25, -0.2) is 4.79 Å². The van der Waals surface area contributed by atoms with Gasteiger partial charge in [0.15, 0.2) is 0 Å². The van der Waals surface area contributed by atoms with Crippen molar-refractivity contribution in [1.29, 1.82) is 0 Å². The number of benzene rings is 1. The highest BCUT2D eigenvalue weighted by Gasteiger charge is 2.22. The van der Waals surface area contributed by atoms with Crippen molar-refractivity contribution in [2.45, 2.75) is 39.5 Å². The fraction of sp³-hybridized carbons (Fsp3) is 0.350. The fourth-order valence-corrected chi connectivity index (χ4v) is 3.21. The molecule has 0 aliphatic heterocycles. The SMILES string of the molecule is COC(=O)c1cc(C(=C2CCCC2)c2ccc(C)cc2)oc1C. The second-order valence-electron chi connectivity index (χ2n) is 6.12. The summed E-state index contributed by atoms with van der Waals surface area (Å²) in [6.45, 7) is 3.89. The number of furan rings is 1. The average molecular weight is 310 g/mol. The van der Waals surface area contributed by atoms with Crippen LogP contribution < -0.4 is 0 Å². The normalized spacial score (nSPS) is 14.1. The van der Waals surface area contributed by atoms with E-state index in [2.05, 4.69) is 31.2 Å². The Morgan fingerprint density at radius 1 is 1.09 bits per heavy atom. The highest BCUT2D eigenvalue weighted by Crippen LogP contribution is 2.37. The number of hydrogen-bond donors (Lipinski definition) is 0. The van der Waals surface area contributed by atoms with E-state index in [1.165, 1.54) is 31.1 Å². The van der Waals surface area contributed by atoms with Gasteiger partial charge >= 0.3 is 5.97 Å². The molecular weight excluding hydrogens is 288 g/mol. The molecule has 3 nitrogen and oxygen atoms in total. The molecule has 120 valence electrons. The number of carbonyl (C=O) groups excluding carboxylic acids is 1. The first-order valence-electron chi connectivity index (χ1n) is 8.08. The molecule has 1 aliphatic rings. The molecule has 2 aromatic rings. The Hall–Kier alpha value is -2.29. The molecule has 1 heterocycles. The number of esters is 1. The first kappa shape index (κ1) is 15.6. The van der Waals surface area contributed by atoms with Crippen LogP contribution in [-0.4, -0.2) is 13.1 Å². The topological polar surface area (TPSA) is 39.4 Å². The van der Waals surface area contributed by atoms with Crippen molar-refractivity contribution in [2.24, 2.45) is 0 Å². The van der Waals surface area contributed by atoms with Crippen molar-refractivity contribution in [1.82, 2.24) is 0 Å². The minimum absolute atomic E-state index is 0.350. The minimum atomic E-state index is -0.350. The lowest BCUT2D eigenvalue weighted by Gasteiger charge is -2.10. The molecule has 1 saturated carbocycles. The standard InChI is InChI=1S/C20H22O3/c1-13-8-10-16(11-9-13)19(15-6-4-5-7-15)18-12-17(14(2)23-18)20(21)22-3/h8-12H,4-7H2,1-3H3. The predicted molar refractivity (Wildman–Crippen MR) is 90.5 cm³/mol. The summed E-state index contributed by atoms with van der Waals surface area (Å²) in [5.74, 6) is 1.02. The van der Waals surface area contributed by atoms with E-state index in [9.17, 15) is 4.79 Å². The highest BCUT2D eigenvalue weighted by atomic mass is 16.5. The van der Waals surface area contributed by atoms with Crippen LogP contribution in [0.4, 0.5) is 0 Å². The smallest absolute Gasteiger partial charge is 0.341 e. The van der Waals surface area contributed by atoms with Gasteiger partial charge in [-0.15, -0.1) is 0 Å². The van der Waals surface area contributed by atoms with Gasteiger partial charge < -0.3 is 9.15 Å². The first-order valence-corrected chi connectivity index (χ1v) is 8.08. The van der Waals surface area contributed by atoms with E-state index in [0.29, 0.717) is 11.3 Å². The largest absolute Gasteiger partial charge is 0.465 e. The van der Waals surface area contributed by atoms with Crippen molar-refractivity contribution >= 4 is 11.5 Å². The molecule has 0 unspecified atom stereocenters. The van der Waals surface area contributed by atoms with Crippen LogP contribution in [0, 0.1) is 13.8 Å². The van der Waals surface area contributed by atoms with Gasteiger partial charge in [0.1, 0.15) is 17.1 Å². The van der Waals surface area contributed by atoms with Crippen LogP contribution in [0.1, 0.15) is 58.7 Å². The molecule has 1 aliphatic carbocycles. The Balaban J connectivity index is 2.12. The maximum absolute atomic E-state index is 11.9. The van der Waals surface area contributed by atoms with Crippen molar-refractivity contribution in [2.75, 3.05) is 7.11 Å². The second kappa shape index (κ2) is 6.45. The fourth-order valence-electron chi connectivity index (χ4n) is 3.21. The molecule has 23 heavy (non-hydrogen) atoms. The van der Waals surface area contributed by atoms with Crippen molar-refractivity contribution < 1.29 is 13.9 Å². The molecule has 0 N–H and O–H groups in total. The van der Waals surface area contributed by atoms with Gasteiger partial charge in [0.25, 0.3) is 0 Å². The number of rotatable bonds is 3. The van der Waals surface area contributed by atoms with Crippen LogP contribution >= 0.6 is 0 Å². The minimum Gasteiger partial charge on any atom is -0.465 e. The number of ether oxygens (including phenoxy) is 1. The molecule has 0 atom stereocenters. The van der Waals surface area contributed by atoms with E-state index in [-0.39, 0.29) is 5.97 Å². The highest BCUT2D eigenvalue weighted by molar-refractivity contribution is 5.92. The summed E-state index contributed by atoms with van der Waals surface area (Å²) in [5, 5.41) is 0. The predicted octanol–water partition coefficient (Wildman–Crippen LogP) is 5.06. The number of aryl methyl sites for hydroxylation is 2. The van der Waals surface area contributed by atoms with Crippen molar-refractivity contribution in [3.05, 3.63) is 64.1 Å². The molecule has 3 heteroatoms. The molecule has 1 fully saturated rings. The van der Waals surface area contributed by atoms with E-state index in [4.69, 9.17) is 9.15 Å². The zero-order chi connectivity index (χ0) is 16.4. The van der Waals surface area contributed by atoms with E-state index < -0.39 is 0 Å². The lowest BCUT2D eigenvalue weighted by Crippen LogP contribution is -2.00. The maximum atomic E-state index is 11.9. The first-order chi connectivity index (χ1) is 11.1.